The van der Waals surface area contributed by atoms with Crippen LogP contribution < -0.4 is 4.74 Å². The zero-order chi connectivity index (χ0) is 32.8. The molecular formula is C32H41AsN5O8. The number of fused-ring (bicyclic) bond motifs is 2. The van der Waals surface area contributed by atoms with Gasteiger partial charge in [-0.05, 0) is 0 Å². The Kier molecular flexibility index (Phi) is 11.2. The van der Waals surface area contributed by atoms with Gasteiger partial charge in [-0.25, -0.2) is 0 Å². The van der Waals surface area contributed by atoms with Crippen molar-refractivity contribution in [3.05, 3.63) is 36.0 Å². The Balaban J connectivity index is 1.29. The van der Waals surface area contributed by atoms with Gasteiger partial charge in [-0.15, -0.1) is 0 Å². The van der Waals surface area contributed by atoms with Crippen LogP contribution in [0, 0.1) is 5.92 Å². The predicted octanol–water partition coefficient (Wildman–Crippen LogP) is 1.96. The fourth-order valence-electron chi connectivity index (χ4n) is 6.54. The van der Waals surface area contributed by atoms with Crippen LogP contribution >= 0.6 is 0 Å². The molecule has 3 aliphatic rings. The van der Waals surface area contributed by atoms with E-state index in [0.717, 1.165) is 25.9 Å². The molecule has 13 nitrogen and oxygen atoms in total. The van der Waals surface area contributed by atoms with Crippen molar-refractivity contribution in [1.29, 1.82) is 0 Å². The number of amides is 3. The Morgan fingerprint density at radius 2 is 1.78 bits per heavy atom. The van der Waals surface area contributed by atoms with Crippen molar-refractivity contribution in [3.8, 4) is 5.75 Å². The van der Waals surface area contributed by atoms with Crippen LogP contribution in [0.25, 0.3) is 10.9 Å². The minimum absolute atomic E-state index is 0.0244. The van der Waals surface area contributed by atoms with E-state index < -0.39 is 32.5 Å². The minimum atomic E-state index is -1.33. The quantitative estimate of drug-likeness (QED) is 0.345. The molecule has 2 unspecified atom stereocenters. The molecule has 3 amide bonds. The van der Waals surface area contributed by atoms with Gasteiger partial charge < -0.3 is 0 Å². The number of para-hydroxylation sites is 1. The summed E-state index contributed by atoms with van der Waals surface area (Å²) in [6, 6.07) is 8.92. The number of pyridine rings is 1. The number of carboxylic acids is 1. The molecule has 0 bridgehead atoms. The number of likely N-dealkylation sites (tertiary alicyclic amines) is 2. The van der Waals surface area contributed by atoms with E-state index in [9.17, 15) is 29.1 Å². The Morgan fingerprint density at radius 1 is 1.04 bits per heavy atom. The molecule has 3 saturated heterocycles. The molecule has 3 fully saturated rings. The van der Waals surface area contributed by atoms with Crippen molar-refractivity contribution in [2.45, 2.75) is 43.4 Å². The third kappa shape index (κ3) is 7.98. The van der Waals surface area contributed by atoms with Crippen LogP contribution in [0.15, 0.2) is 30.3 Å². The molecule has 0 spiro atoms. The SMILES string of the molecule is CCOC(=O)N1CCN(C(=O)[C@H](CCC(=O)O)[As]C(=O)c2cc(OCC(=O)N3CCCC4CN(C)CC43)c3ccccc3n2)CC1. The van der Waals surface area contributed by atoms with Crippen molar-refractivity contribution in [1.82, 2.24) is 24.6 Å². The molecule has 4 heterocycles. The molecule has 3 aliphatic heterocycles. The van der Waals surface area contributed by atoms with Gasteiger partial charge in [-0.1, -0.05) is 0 Å². The van der Waals surface area contributed by atoms with Crippen molar-refractivity contribution in [3.63, 3.8) is 0 Å². The monoisotopic (exact) mass is 698 g/mol. The van der Waals surface area contributed by atoms with Crippen LogP contribution in [0.5, 0.6) is 5.75 Å². The number of hydrogen-bond acceptors (Lipinski definition) is 9. The summed E-state index contributed by atoms with van der Waals surface area (Å²) in [5.74, 6) is -0.600. The number of piperidine rings is 1. The molecule has 247 valence electrons. The topological polar surface area (TPSA) is 150 Å². The number of piperazine rings is 1. The van der Waals surface area contributed by atoms with E-state index >= 15 is 0 Å². The first-order valence-electron chi connectivity index (χ1n) is 15.8. The average Bonchev–Trinajstić information content (AvgIpc) is 3.45. The maximum atomic E-state index is 13.7. The van der Waals surface area contributed by atoms with E-state index in [1.807, 2.05) is 17.0 Å². The third-order valence-electron chi connectivity index (χ3n) is 8.84. The van der Waals surface area contributed by atoms with Crippen LogP contribution in [-0.4, -0.2) is 146 Å². The second-order valence-corrected chi connectivity index (χ2v) is 14.7. The van der Waals surface area contributed by atoms with Crippen LogP contribution in [0.4, 0.5) is 4.79 Å². The average molecular weight is 699 g/mol. The molecule has 0 saturated carbocycles. The summed E-state index contributed by atoms with van der Waals surface area (Å²) in [5, 5.41) is 10.0. The molecule has 2 aromatic rings. The van der Waals surface area contributed by atoms with Crippen LogP contribution in [0.1, 0.15) is 43.1 Å². The van der Waals surface area contributed by atoms with Gasteiger partial charge in [0.05, 0.1) is 0 Å². The van der Waals surface area contributed by atoms with E-state index in [4.69, 9.17) is 9.47 Å². The Morgan fingerprint density at radius 3 is 2.52 bits per heavy atom. The normalized spacial score (nSPS) is 21.0. The van der Waals surface area contributed by atoms with E-state index in [0.29, 0.717) is 42.2 Å². The summed E-state index contributed by atoms with van der Waals surface area (Å²) in [7, 11) is 2.08. The van der Waals surface area contributed by atoms with Gasteiger partial charge in [0.1, 0.15) is 0 Å². The van der Waals surface area contributed by atoms with E-state index in [1.54, 1.807) is 24.0 Å². The van der Waals surface area contributed by atoms with Gasteiger partial charge in [-0.3, -0.25) is 0 Å². The summed E-state index contributed by atoms with van der Waals surface area (Å²) in [5.41, 5.74) is 0.646. The molecule has 1 aromatic heterocycles. The van der Waals surface area contributed by atoms with Crippen molar-refractivity contribution < 1.29 is 38.6 Å². The number of carbonyl (C=O) groups excluding carboxylic acids is 4. The predicted molar refractivity (Wildman–Crippen MR) is 169 cm³/mol. The van der Waals surface area contributed by atoms with Crippen molar-refractivity contribution in [2.24, 2.45) is 5.92 Å². The molecule has 14 heteroatoms. The third-order valence-corrected chi connectivity index (χ3v) is 11.5. The molecule has 0 aliphatic carbocycles. The number of ether oxygens (including phenoxy) is 2. The van der Waals surface area contributed by atoms with Crippen molar-refractivity contribution >= 4 is 55.1 Å². The second kappa shape index (κ2) is 15.3. The number of carboxylic acid groups (broad SMARTS) is 1. The van der Waals surface area contributed by atoms with E-state index in [1.165, 1.54) is 11.0 Å². The van der Waals surface area contributed by atoms with Gasteiger partial charge >= 0.3 is 275 Å². The van der Waals surface area contributed by atoms with E-state index in [-0.39, 0.29) is 67.3 Å². The van der Waals surface area contributed by atoms with Gasteiger partial charge in [0.2, 0.25) is 0 Å². The standard InChI is InChI=1S/C32H41AsN5O8/c1-3-45-32(44)37-15-13-36(14-16-37)31(43)23(10-11-29(40)41)33-30(42)25-17-27(22-8-4-5-9-24(22)34-25)46-20-28(39)38-12-6-7-21-18-35(2)19-26(21)38/h4-5,8-9,17,21,23,26H,3,6-7,10-16,18-20H2,1-2H3,(H,40,41)/t21?,23-,26?/m0/s1. The van der Waals surface area contributed by atoms with Gasteiger partial charge in [0, 0.05) is 0 Å². The molecule has 1 N–H and O–H groups in total. The second-order valence-electron chi connectivity index (χ2n) is 12.0. The zero-order valence-electron chi connectivity index (χ0n) is 26.3. The van der Waals surface area contributed by atoms with Gasteiger partial charge in [0.25, 0.3) is 0 Å². The fraction of sp³-hybridized carbons (Fsp3) is 0.562. The molecule has 46 heavy (non-hydrogen) atoms. The Bertz CT molecular complexity index is 1470. The Labute approximate surface area is 274 Å². The van der Waals surface area contributed by atoms with Gasteiger partial charge in [-0.2, -0.15) is 0 Å². The number of carbonyl (C=O) groups is 5. The number of rotatable bonds is 11. The summed E-state index contributed by atoms with van der Waals surface area (Å²) in [6.45, 7) is 5.47. The molecule has 5 rings (SSSR count). The summed E-state index contributed by atoms with van der Waals surface area (Å²) in [4.78, 5) is 76.0. The number of aromatic nitrogens is 1. The van der Waals surface area contributed by atoms with E-state index in [2.05, 4.69) is 16.9 Å². The van der Waals surface area contributed by atoms with Crippen LogP contribution in [0.3, 0.4) is 0 Å². The summed E-state index contributed by atoms with van der Waals surface area (Å²) >= 11 is -1.33. The van der Waals surface area contributed by atoms with Crippen LogP contribution in [0.2, 0.25) is 4.71 Å². The first-order valence-corrected chi connectivity index (χ1v) is 17.8. The molecule has 3 atom stereocenters. The number of aliphatic carboxylic acids is 1. The summed E-state index contributed by atoms with van der Waals surface area (Å²) < 4.78 is 10.0. The Hall–Kier alpha value is -3.70. The van der Waals surface area contributed by atoms with Crippen molar-refractivity contribution in [2.75, 3.05) is 66.1 Å². The first-order chi connectivity index (χ1) is 22.1. The number of likely N-dealkylation sites (N-methyl/N-ethyl adjacent to an activating group) is 1. The molecule has 1 radical (unpaired) electrons. The number of benzene rings is 1. The van der Waals surface area contributed by atoms with Crippen LogP contribution in [-0.2, 0) is 19.1 Å². The first kappa shape index (κ1) is 33.7. The van der Waals surface area contributed by atoms with Gasteiger partial charge in [0.15, 0.2) is 0 Å². The fourth-order valence-corrected chi connectivity index (χ4v) is 8.77. The number of nitrogens with zero attached hydrogens (tertiary/aromatic N) is 5. The maximum absolute atomic E-state index is 13.7. The number of hydrogen-bond donors (Lipinski definition) is 1. The summed E-state index contributed by atoms with van der Waals surface area (Å²) in [6.07, 6.45) is 1.41. The molecule has 1 aromatic carbocycles. The molecular weight excluding hydrogens is 657 g/mol. The zero-order valence-corrected chi connectivity index (χ0v) is 28.2.